The first kappa shape index (κ1) is 10.5. The van der Waals surface area contributed by atoms with Crippen LogP contribution in [0.2, 0.25) is 0 Å². The van der Waals surface area contributed by atoms with Crippen LogP contribution < -0.4 is 15.6 Å². The molecule has 0 saturated heterocycles. The van der Waals surface area contributed by atoms with Gasteiger partial charge < -0.3 is 4.74 Å². The van der Waals surface area contributed by atoms with E-state index in [1.165, 1.54) is 0 Å². The third kappa shape index (κ3) is 3.06. The van der Waals surface area contributed by atoms with Crippen molar-refractivity contribution < 1.29 is 9.53 Å². The Labute approximate surface area is 83.2 Å². The molecule has 0 atom stereocenters. The van der Waals surface area contributed by atoms with Gasteiger partial charge in [0.1, 0.15) is 5.75 Å². The Bertz CT molecular complexity index is 295. The zero-order valence-corrected chi connectivity index (χ0v) is 8.33. The Morgan fingerprint density at radius 2 is 2.00 bits per heavy atom. The van der Waals surface area contributed by atoms with Crippen molar-refractivity contribution in [3.8, 4) is 5.75 Å². The van der Waals surface area contributed by atoms with Crippen LogP contribution in [0.25, 0.3) is 0 Å². The van der Waals surface area contributed by atoms with Crippen molar-refractivity contribution in [3.63, 3.8) is 0 Å². The highest BCUT2D eigenvalue weighted by atomic mass is 16.5. The van der Waals surface area contributed by atoms with E-state index < -0.39 is 0 Å². The van der Waals surface area contributed by atoms with Gasteiger partial charge in [-0.3, -0.25) is 10.2 Å². The molecule has 0 aliphatic heterocycles. The summed E-state index contributed by atoms with van der Waals surface area (Å²) in [6.45, 7) is 0. The molecule has 1 rings (SSSR count). The van der Waals surface area contributed by atoms with Crippen LogP contribution in [0.5, 0.6) is 5.75 Å². The Morgan fingerprint density at radius 3 is 2.50 bits per heavy atom. The lowest BCUT2D eigenvalue weighted by Gasteiger charge is -2.04. The number of hydrogen-bond acceptors (Lipinski definition) is 3. The fourth-order valence-corrected chi connectivity index (χ4v) is 1.11. The molecule has 0 unspecified atom stereocenters. The van der Waals surface area contributed by atoms with Crippen LogP contribution >= 0.6 is 0 Å². The Hall–Kier alpha value is -1.55. The van der Waals surface area contributed by atoms with Crippen LogP contribution in [0.4, 0.5) is 0 Å². The second-order valence-electron chi connectivity index (χ2n) is 2.82. The molecule has 0 heterocycles. The van der Waals surface area contributed by atoms with Crippen LogP contribution in [-0.2, 0) is 11.2 Å². The maximum absolute atomic E-state index is 11.2. The molecule has 0 spiro atoms. The van der Waals surface area contributed by atoms with Gasteiger partial charge in [-0.25, -0.2) is 5.43 Å². The zero-order chi connectivity index (χ0) is 10.4. The molecule has 76 valence electrons. The van der Waals surface area contributed by atoms with Gasteiger partial charge in [-0.15, -0.1) is 0 Å². The van der Waals surface area contributed by atoms with E-state index in [-0.39, 0.29) is 5.91 Å². The molecule has 1 aromatic carbocycles. The minimum absolute atomic E-state index is 0.0577. The molecular weight excluding hydrogens is 180 g/mol. The molecule has 2 N–H and O–H groups in total. The summed E-state index contributed by atoms with van der Waals surface area (Å²) in [5.74, 6) is 0.737. The van der Waals surface area contributed by atoms with Gasteiger partial charge in [-0.1, -0.05) is 12.1 Å². The predicted molar refractivity (Wildman–Crippen MR) is 53.9 cm³/mol. The summed E-state index contributed by atoms with van der Waals surface area (Å²) >= 11 is 0. The van der Waals surface area contributed by atoms with E-state index in [0.29, 0.717) is 6.42 Å². The fraction of sp³-hybridized carbons (Fsp3) is 0.300. The third-order valence-electron chi connectivity index (χ3n) is 1.79. The van der Waals surface area contributed by atoms with E-state index in [0.717, 1.165) is 11.3 Å². The minimum atomic E-state index is -0.0577. The lowest BCUT2D eigenvalue weighted by Crippen LogP contribution is -2.35. The normalized spacial score (nSPS) is 9.57. The van der Waals surface area contributed by atoms with Gasteiger partial charge >= 0.3 is 0 Å². The molecule has 1 aromatic rings. The van der Waals surface area contributed by atoms with E-state index in [9.17, 15) is 4.79 Å². The summed E-state index contributed by atoms with van der Waals surface area (Å²) in [4.78, 5) is 11.2. The van der Waals surface area contributed by atoms with E-state index in [4.69, 9.17) is 4.74 Å². The highest BCUT2D eigenvalue weighted by molar-refractivity contribution is 5.78. The predicted octanol–water partition coefficient (Wildman–Crippen LogP) is 0.488. The van der Waals surface area contributed by atoms with Gasteiger partial charge in [0.25, 0.3) is 0 Å². The number of ether oxygens (including phenoxy) is 1. The molecule has 0 bridgehead atoms. The van der Waals surface area contributed by atoms with Gasteiger partial charge in [0.05, 0.1) is 13.5 Å². The summed E-state index contributed by atoms with van der Waals surface area (Å²) < 4.78 is 5.01. The van der Waals surface area contributed by atoms with Crippen molar-refractivity contribution in [1.29, 1.82) is 0 Å². The van der Waals surface area contributed by atoms with Gasteiger partial charge in [0.15, 0.2) is 0 Å². The standard InChI is InChI=1S/C10H14N2O2/c1-11-12-10(13)7-8-3-5-9(14-2)6-4-8/h3-6,11H,7H2,1-2H3,(H,12,13). The summed E-state index contributed by atoms with van der Waals surface area (Å²) in [5.41, 5.74) is 6.05. The third-order valence-corrected chi connectivity index (χ3v) is 1.79. The average Bonchev–Trinajstić information content (AvgIpc) is 2.19. The van der Waals surface area contributed by atoms with E-state index in [2.05, 4.69) is 10.9 Å². The first-order valence-corrected chi connectivity index (χ1v) is 4.34. The number of methoxy groups -OCH3 is 1. The van der Waals surface area contributed by atoms with Gasteiger partial charge in [-0.05, 0) is 17.7 Å². The Balaban J connectivity index is 2.55. The summed E-state index contributed by atoms with van der Waals surface area (Å²) in [7, 11) is 3.27. The van der Waals surface area contributed by atoms with Crippen LogP contribution in [0.1, 0.15) is 5.56 Å². The minimum Gasteiger partial charge on any atom is -0.497 e. The van der Waals surface area contributed by atoms with Crippen molar-refractivity contribution in [2.45, 2.75) is 6.42 Å². The van der Waals surface area contributed by atoms with E-state index in [1.807, 2.05) is 24.3 Å². The van der Waals surface area contributed by atoms with Gasteiger partial charge in [-0.2, -0.15) is 0 Å². The lowest BCUT2D eigenvalue weighted by atomic mass is 10.1. The number of rotatable bonds is 4. The number of nitrogens with one attached hydrogen (secondary N) is 2. The number of amides is 1. The maximum Gasteiger partial charge on any atom is 0.238 e. The Kier molecular flexibility index (Phi) is 3.94. The molecule has 0 aromatic heterocycles. The molecule has 0 saturated carbocycles. The molecule has 0 aliphatic rings. The van der Waals surface area contributed by atoms with Crippen molar-refractivity contribution in [3.05, 3.63) is 29.8 Å². The van der Waals surface area contributed by atoms with Crippen LogP contribution in [0.3, 0.4) is 0 Å². The summed E-state index contributed by atoms with van der Waals surface area (Å²) in [6.07, 6.45) is 0.366. The van der Waals surface area contributed by atoms with Gasteiger partial charge in [0.2, 0.25) is 5.91 Å². The zero-order valence-electron chi connectivity index (χ0n) is 8.33. The number of carbonyl (C=O) groups is 1. The molecule has 0 aliphatic carbocycles. The van der Waals surface area contributed by atoms with E-state index in [1.54, 1.807) is 14.2 Å². The molecule has 0 fully saturated rings. The van der Waals surface area contributed by atoms with E-state index >= 15 is 0 Å². The SMILES string of the molecule is CNNC(=O)Cc1ccc(OC)cc1. The molecule has 4 nitrogen and oxygen atoms in total. The van der Waals surface area contributed by atoms with Crippen molar-refractivity contribution in [2.24, 2.45) is 0 Å². The quantitative estimate of drug-likeness (QED) is 0.686. The second kappa shape index (κ2) is 5.24. The molecule has 14 heavy (non-hydrogen) atoms. The molecule has 4 heteroatoms. The second-order valence-corrected chi connectivity index (χ2v) is 2.82. The van der Waals surface area contributed by atoms with Gasteiger partial charge in [0, 0.05) is 7.05 Å². The molecular formula is C10H14N2O2. The topological polar surface area (TPSA) is 50.4 Å². The highest BCUT2D eigenvalue weighted by Crippen LogP contribution is 2.11. The van der Waals surface area contributed by atoms with Crippen LogP contribution in [0.15, 0.2) is 24.3 Å². The van der Waals surface area contributed by atoms with Crippen LogP contribution in [-0.4, -0.2) is 20.1 Å². The average molecular weight is 194 g/mol. The number of hydrazine groups is 1. The van der Waals surface area contributed by atoms with Crippen molar-refractivity contribution in [1.82, 2.24) is 10.9 Å². The highest BCUT2D eigenvalue weighted by Gasteiger charge is 2.01. The fourth-order valence-electron chi connectivity index (χ4n) is 1.11. The first-order chi connectivity index (χ1) is 6.76. The lowest BCUT2D eigenvalue weighted by molar-refractivity contribution is -0.121. The molecule has 1 amide bonds. The number of carbonyl (C=O) groups excluding carboxylic acids is 1. The molecule has 0 radical (unpaired) electrons. The van der Waals surface area contributed by atoms with Crippen molar-refractivity contribution >= 4 is 5.91 Å². The maximum atomic E-state index is 11.2. The first-order valence-electron chi connectivity index (χ1n) is 4.34. The summed E-state index contributed by atoms with van der Waals surface area (Å²) in [5, 5.41) is 0. The van der Waals surface area contributed by atoms with Crippen molar-refractivity contribution in [2.75, 3.05) is 14.2 Å². The number of benzene rings is 1. The monoisotopic (exact) mass is 194 g/mol. The van der Waals surface area contributed by atoms with Crippen LogP contribution in [0, 0.1) is 0 Å². The number of hydrogen-bond donors (Lipinski definition) is 2. The summed E-state index contributed by atoms with van der Waals surface area (Å²) in [6, 6.07) is 7.41. The largest absolute Gasteiger partial charge is 0.497 e. The smallest absolute Gasteiger partial charge is 0.238 e. The Morgan fingerprint density at radius 1 is 1.36 bits per heavy atom.